The van der Waals surface area contributed by atoms with Gasteiger partial charge in [0, 0.05) is 17.9 Å². The first-order valence-corrected chi connectivity index (χ1v) is 8.04. The van der Waals surface area contributed by atoms with Crippen molar-refractivity contribution in [1.29, 1.82) is 0 Å². The van der Waals surface area contributed by atoms with Crippen molar-refractivity contribution in [2.75, 3.05) is 12.3 Å². The van der Waals surface area contributed by atoms with E-state index in [-0.39, 0.29) is 18.1 Å². The Balaban J connectivity index is 2.08. The Labute approximate surface area is 132 Å². The smallest absolute Gasteiger partial charge is 0.303 e. The third-order valence-corrected chi connectivity index (χ3v) is 3.89. The van der Waals surface area contributed by atoms with E-state index in [4.69, 9.17) is 5.11 Å². The molecule has 0 aliphatic heterocycles. The zero-order chi connectivity index (χ0) is 16.4. The van der Waals surface area contributed by atoms with Crippen LogP contribution >= 0.6 is 11.8 Å². The van der Waals surface area contributed by atoms with Crippen LogP contribution in [0.25, 0.3) is 0 Å². The zero-order valence-electron chi connectivity index (χ0n) is 12.1. The molecule has 1 amide bonds. The SMILES string of the molecule is O=C(O)CCCCCCNC(=O)CSc1ccc(F)c(F)c1. The maximum absolute atomic E-state index is 13.0. The summed E-state index contributed by atoms with van der Waals surface area (Å²) in [6.45, 7) is 0.532. The molecule has 1 rings (SSSR count). The Morgan fingerprint density at radius 1 is 1.09 bits per heavy atom. The van der Waals surface area contributed by atoms with Crippen molar-refractivity contribution < 1.29 is 23.5 Å². The topological polar surface area (TPSA) is 66.4 Å². The predicted octanol–water partition coefficient (Wildman–Crippen LogP) is 3.21. The number of aliphatic carboxylic acids is 1. The zero-order valence-corrected chi connectivity index (χ0v) is 12.9. The standard InChI is InChI=1S/C15H19F2NO3S/c16-12-7-6-11(9-13(12)17)22-10-14(19)18-8-4-2-1-3-5-15(20)21/h6-7,9H,1-5,8,10H2,(H,18,19)(H,20,21). The molecule has 1 aromatic rings. The fourth-order valence-corrected chi connectivity index (χ4v) is 2.50. The Hall–Kier alpha value is -1.63. The van der Waals surface area contributed by atoms with Crippen molar-refractivity contribution in [2.45, 2.75) is 37.0 Å². The summed E-state index contributed by atoms with van der Waals surface area (Å²) in [7, 11) is 0. The first kappa shape index (κ1) is 18.4. The van der Waals surface area contributed by atoms with Gasteiger partial charge in [-0.05, 0) is 31.0 Å². The number of carboxylic acids is 1. The van der Waals surface area contributed by atoms with E-state index in [0.717, 1.165) is 43.2 Å². The van der Waals surface area contributed by atoms with Crippen molar-refractivity contribution in [1.82, 2.24) is 5.32 Å². The highest BCUT2D eigenvalue weighted by molar-refractivity contribution is 8.00. The monoisotopic (exact) mass is 331 g/mol. The second kappa shape index (κ2) is 10.2. The van der Waals surface area contributed by atoms with E-state index in [0.29, 0.717) is 17.9 Å². The van der Waals surface area contributed by atoms with Crippen LogP contribution in [0.3, 0.4) is 0 Å². The summed E-state index contributed by atoms with van der Waals surface area (Å²) < 4.78 is 25.7. The third-order valence-electron chi connectivity index (χ3n) is 2.90. The fraction of sp³-hybridized carbons (Fsp3) is 0.467. The number of carbonyl (C=O) groups is 2. The minimum atomic E-state index is -0.924. The molecule has 0 aromatic heterocycles. The minimum absolute atomic E-state index is 0.143. The lowest BCUT2D eigenvalue weighted by Gasteiger charge is -2.05. The molecule has 0 radical (unpaired) electrons. The molecule has 7 heteroatoms. The number of nitrogens with one attached hydrogen (secondary N) is 1. The van der Waals surface area contributed by atoms with Crippen molar-refractivity contribution in [3.05, 3.63) is 29.8 Å². The molecule has 0 saturated heterocycles. The van der Waals surface area contributed by atoms with Gasteiger partial charge in [0.25, 0.3) is 0 Å². The highest BCUT2D eigenvalue weighted by Crippen LogP contribution is 2.19. The molecule has 122 valence electrons. The third kappa shape index (κ3) is 7.97. The Morgan fingerprint density at radius 2 is 1.82 bits per heavy atom. The summed E-state index contributed by atoms with van der Waals surface area (Å²) in [5, 5.41) is 11.2. The molecule has 0 fully saturated rings. The summed E-state index contributed by atoms with van der Waals surface area (Å²) in [5.41, 5.74) is 0. The van der Waals surface area contributed by atoms with Crippen LogP contribution < -0.4 is 5.32 Å². The Kier molecular flexibility index (Phi) is 8.50. The van der Waals surface area contributed by atoms with Gasteiger partial charge in [0.1, 0.15) is 0 Å². The van der Waals surface area contributed by atoms with Gasteiger partial charge in [-0.1, -0.05) is 12.8 Å². The predicted molar refractivity (Wildman–Crippen MR) is 80.8 cm³/mol. The van der Waals surface area contributed by atoms with Crippen LogP contribution in [0.4, 0.5) is 8.78 Å². The number of hydrogen-bond acceptors (Lipinski definition) is 3. The maximum Gasteiger partial charge on any atom is 0.303 e. The maximum atomic E-state index is 13.0. The number of halogens is 2. The van der Waals surface area contributed by atoms with Crippen molar-refractivity contribution in [3.63, 3.8) is 0 Å². The molecule has 0 spiro atoms. The summed E-state index contributed by atoms with van der Waals surface area (Å²) in [5.74, 6) is -2.64. The van der Waals surface area contributed by atoms with Gasteiger partial charge in [-0.2, -0.15) is 0 Å². The number of carbonyl (C=O) groups excluding carboxylic acids is 1. The van der Waals surface area contributed by atoms with Crippen LogP contribution in [0, 0.1) is 11.6 Å². The van der Waals surface area contributed by atoms with Gasteiger partial charge in [-0.3, -0.25) is 9.59 Å². The van der Waals surface area contributed by atoms with Gasteiger partial charge in [-0.25, -0.2) is 8.78 Å². The molecular weight excluding hydrogens is 312 g/mol. The van der Waals surface area contributed by atoms with Gasteiger partial charge < -0.3 is 10.4 Å². The average Bonchev–Trinajstić information content (AvgIpc) is 2.47. The quantitative estimate of drug-likeness (QED) is 0.510. The van der Waals surface area contributed by atoms with Gasteiger partial charge in [0.05, 0.1) is 5.75 Å². The lowest BCUT2D eigenvalue weighted by Crippen LogP contribution is -2.26. The van der Waals surface area contributed by atoms with Crippen LogP contribution in [0.1, 0.15) is 32.1 Å². The van der Waals surface area contributed by atoms with E-state index in [1.807, 2.05) is 0 Å². The van der Waals surface area contributed by atoms with Crippen molar-refractivity contribution in [3.8, 4) is 0 Å². The number of benzene rings is 1. The highest BCUT2D eigenvalue weighted by Gasteiger charge is 2.06. The molecule has 22 heavy (non-hydrogen) atoms. The van der Waals surface area contributed by atoms with E-state index < -0.39 is 17.6 Å². The van der Waals surface area contributed by atoms with Crippen molar-refractivity contribution >= 4 is 23.6 Å². The second-order valence-corrected chi connectivity index (χ2v) is 5.82. The number of thioether (sulfide) groups is 1. The molecule has 1 aromatic carbocycles. The van der Waals surface area contributed by atoms with Crippen LogP contribution in [0.2, 0.25) is 0 Å². The van der Waals surface area contributed by atoms with E-state index in [1.54, 1.807) is 0 Å². The van der Waals surface area contributed by atoms with Gasteiger partial charge in [0.2, 0.25) is 5.91 Å². The minimum Gasteiger partial charge on any atom is -0.481 e. The molecule has 0 unspecified atom stereocenters. The number of rotatable bonds is 10. The van der Waals surface area contributed by atoms with Crippen LogP contribution in [-0.2, 0) is 9.59 Å². The van der Waals surface area contributed by atoms with Crippen LogP contribution in [-0.4, -0.2) is 29.3 Å². The second-order valence-electron chi connectivity index (χ2n) is 4.77. The average molecular weight is 331 g/mol. The molecule has 0 atom stereocenters. The van der Waals surface area contributed by atoms with Crippen molar-refractivity contribution in [2.24, 2.45) is 0 Å². The summed E-state index contributed by atoms with van der Waals surface area (Å²) >= 11 is 1.14. The summed E-state index contributed by atoms with van der Waals surface area (Å²) in [4.78, 5) is 22.4. The highest BCUT2D eigenvalue weighted by atomic mass is 32.2. The van der Waals surface area contributed by atoms with Gasteiger partial charge in [0.15, 0.2) is 11.6 Å². The van der Waals surface area contributed by atoms with Crippen LogP contribution in [0.5, 0.6) is 0 Å². The van der Waals surface area contributed by atoms with E-state index >= 15 is 0 Å². The van der Waals surface area contributed by atoms with E-state index in [2.05, 4.69) is 5.32 Å². The lowest BCUT2D eigenvalue weighted by atomic mass is 10.1. The van der Waals surface area contributed by atoms with Crippen LogP contribution in [0.15, 0.2) is 23.1 Å². The molecular formula is C15H19F2NO3S. The molecule has 0 bridgehead atoms. The normalized spacial score (nSPS) is 10.5. The number of carboxylic acid groups (broad SMARTS) is 1. The lowest BCUT2D eigenvalue weighted by molar-refractivity contribution is -0.137. The first-order valence-electron chi connectivity index (χ1n) is 7.05. The van der Waals surface area contributed by atoms with Gasteiger partial charge in [-0.15, -0.1) is 11.8 Å². The largest absolute Gasteiger partial charge is 0.481 e. The molecule has 0 aliphatic rings. The fourth-order valence-electron chi connectivity index (χ4n) is 1.75. The Morgan fingerprint density at radius 3 is 2.50 bits per heavy atom. The molecule has 0 aliphatic carbocycles. The van der Waals surface area contributed by atoms with Gasteiger partial charge >= 0.3 is 5.97 Å². The Bertz CT molecular complexity index is 512. The number of hydrogen-bond donors (Lipinski definition) is 2. The summed E-state index contributed by atoms with van der Waals surface area (Å²) in [6, 6.07) is 3.53. The molecule has 0 heterocycles. The molecule has 0 saturated carbocycles. The van der Waals surface area contributed by atoms with E-state index in [9.17, 15) is 18.4 Å². The first-order chi connectivity index (χ1) is 10.5. The number of amides is 1. The molecule has 4 nitrogen and oxygen atoms in total. The molecule has 2 N–H and O–H groups in total. The summed E-state index contributed by atoms with van der Waals surface area (Å²) in [6.07, 6.45) is 3.31. The van der Waals surface area contributed by atoms with E-state index in [1.165, 1.54) is 6.07 Å². The number of unbranched alkanes of at least 4 members (excludes halogenated alkanes) is 3.